The predicted octanol–water partition coefficient (Wildman–Crippen LogP) is 2.79. The number of ether oxygens (including phenoxy) is 1. The van der Waals surface area contributed by atoms with E-state index in [0.717, 1.165) is 25.7 Å². The molecule has 6 heteroatoms. The topological polar surface area (TPSA) is 70.0 Å². The number of hydrogen-bond donors (Lipinski definition) is 2. The zero-order chi connectivity index (χ0) is 15.7. The third-order valence-corrected chi connectivity index (χ3v) is 3.29. The van der Waals surface area contributed by atoms with Crippen molar-refractivity contribution in [1.82, 2.24) is 4.90 Å². The molecule has 1 heterocycles. The van der Waals surface area contributed by atoms with Crippen molar-refractivity contribution in [2.75, 3.05) is 31.2 Å². The van der Waals surface area contributed by atoms with Crippen molar-refractivity contribution in [3.8, 4) is 11.5 Å². The predicted molar refractivity (Wildman–Crippen MR) is 90.3 cm³/mol. The van der Waals surface area contributed by atoms with Gasteiger partial charge in [-0.3, -0.25) is 4.90 Å². The summed E-state index contributed by atoms with van der Waals surface area (Å²) in [6, 6.07) is 3.83. The van der Waals surface area contributed by atoms with Gasteiger partial charge in [-0.25, -0.2) is 4.79 Å². The number of likely N-dealkylation sites (tertiary alicyclic amines) is 1. The summed E-state index contributed by atoms with van der Waals surface area (Å²) in [5.74, 6) is -0.903. The maximum atomic E-state index is 11.7. The van der Waals surface area contributed by atoms with Crippen molar-refractivity contribution in [3.05, 3.63) is 23.8 Å². The number of aromatic hydroxyl groups is 2. The van der Waals surface area contributed by atoms with Crippen molar-refractivity contribution in [2.24, 2.45) is 0 Å². The van der Waals surface area contributed by atoms with Gasteiger partial charge in [0.05, 0.1) is 0 Å². The smallest absolute Gasteiger partial charge is 0.341 e. The Morgan fingerprint density at radius 2 is 1.90 bits per heavy atom. The van der Waals surface area contributed by atoms with Gasteiger partial charge in [-0.15, -0.1) is 0 Å². The van der Waals surface area contributed by atoms with Crippen molar-refractivity contribution in [2.45, 2.75) is 19.3 Å². The summed E-state index contributed by atoms with van der Waals surface area (Å²) in [4.78, 5) is 16.0. The molecule has 1 aliphatic heterocycles. The quantitative estimate of drug-likeness (QED) is 0.457. The van der Waals surface area contributed by atoms with Crippen LogP contribution in [0.4, 0.5) is 0 Å². The second-order valence-electron chi connectivity index (χ2n) is 4.74. The minimum Gasteiger partial charge on any atom is -0.508 e. The van der Waals surface area contributed by atoms with Crippen LogP contribution in [0.3, 0.4) is 0 Å². The summed E-state index contributed by atoms with van der Waals surface area (Å²) < 4.78 is 5.13. The molecule has 1 fully saturated rings. The minimum absolute atomic E-state index is 0.0800. The van der Waals surface area contributed by atoms with Crippen molar-refractivity contribution in [3.63, 3.8) is 0 Å². The number of nitrogens with zero attached hydrogens (tertiary/aromatic N) is 1. The third-order valence-electron chi connectivity index (χ3n) is 3.29. The van der Waals surface area contributed by atoms with E-state index in [1.165, 1.54) is 31.4 Å². The minimum atomic E-state index is -0.561. The van der Waals surface area contributed by atoms with Crippen LogP contribution in [-0.4, -0.2) is 52.3 Å². The summed E-state index contributed by atoms with van der Waals surface area (Å²) in [6.45, 7) is 3.16. The molecule has 2 rings (SSSR count). The molecule has 1 saturated heterocycles. The molecule has 1 aromatic carbocycles. The number of carbonyl (C=O) groups excluding carboxylic acids is 1. The summed E-state index contributed by atoms with van der Waals surface area (Å²) in [5.41, 5.74) is 0.0800. The van der Waals surface area contributed by atoms with E-state index in [-0.39, 0.29) is 17.1 Å². The fourth-order valence-corrected chi connectivity index (χ4v) is 2.22. The average Bonchev–Trinajstić information content (AvgIpc) is 2.50. The molecule has 0 aromatic heterocycles. The lowest BCUT2D eigenvalue weighted by Gasteiger charge is -2.25. The van der Waals surface area contributed by atoms with Crippen LogP contribution in [0.5, 0.6) is 11.5 Å². The monoisotopic (exact) mass is 407 g/mol. The van der Waals surface area contributed by atoms with Crippen LogP contribution in [0.1, 0.15) is 29.6 Å². The standard InChI is InChI=1S/C14H19NO4.CH3I/c16-11-4-5-12(13(17)10-11)14(18)19-9-8-15-6-2-1-3-7-15;1-2/h4-5,10,16-17H,1-3,6-9H2;1H3. The number of hydrogen-bond acceptors (Lipinski definition) is 5. The molecular weight excluding hydrogens is 385 g/mol. The molecule has 1 aromatic rings. The summed E-state index contributed by atoms with van der Waals surface area (Å²) >= 11 is 2.15. The third kappa shape index (κ3) is 6.09. The number of halogens is 1. The molecule has 0 spiro atoms. The van der Waals surface area contributed by atoms with Gasteiger partial charge in [0.25, 0.3) is 0 Å². The van der Waals surface area contributed by atoms with Gasteiger partial charge >= 0.3 is 5.97 Å². The second-order valence-corrected chi connectivity index (χ2v) is 4.74. The van der Waals surface area contributed by atoms with E-state index in [4.69, 9.17) is 9.84 Å². The fourth-order valence-electron chi connectivity index (χ4n) is 2.22. The van der Waals surface area contributed by atoms with Gasteiger partial charge in [0.1, 0.15) is 23.7 Å². The highest BCUT2D eigenvalue weighted by Gasteiger charge is 2.14. The Morgan fingerprint density at radius 1 is 1.24 bits per heavy atom. The number of phenolic OH excluding ortho intramolecular Hbond substituents is 2. The molecule has 0 saturated carbocycles. The van der Waals surface area contributed by atoms with Crippen LogP contribution in [0.25, 0.3) is 0 Å². The van der Waals surface area contributed by atoms with Gasteiger partial charge in [0.15, 0.2) is 0 Å². The Kier molecular flexibility index (Phi) is 8.44. The maximum absolute atomic E-state index is 11.7. The molecule has 0 atom stereocenters. The van der Waals surface area contributed by atoms with Crippen LogP contribution in [0, 0.1) is 0 Å². The zero-order valence-corrected chi connectivity index (χ0v) is 14.4. The molecule has 21 heavy (non-hydrogen) atoms. The number of piperidine rings is 1. The van der Waals surface area contributed by atoms with Crippen molar-refractivity contribution in [1.29, 1.82) is 0 Å². The molecule has 0 radical (unpaired) electrons. The van der Waals surface area contributed by atoms with E-state index in [2.05, 4.69) is 27.5 Å². The molecule has 5 nitrogen and oxygen atoms in total. The maximum Gasteiger partial charge on any atom is 0.341 e. The van der Waals surface area contributed by atoms with Gasteiger partial charge < -0.3 is 14.9 Å². The Labute approximate surface area is 139 Å². The highest BCUT2D eigenvalue weighted by molar-refractivity contribution is 14.1. The molecule has 2 N–H and O–H groups in total. The first-order valence-electron chi connectivity index (χ1n) is 6.96. The fraction of sp³-hybridized carbons (Fsp3) is 0.533. The van der Waals surface area contributed by atoms with Gasteiger partial charge in [0, 0.05) is 12.6 Å². The molecule has 0 bridgehead atoms. The van der Waals surface area contributed by atoms with E-state index in [1.54, 1.807) is 0 Å². The van der Waals surface area contributed by atoms with E-state index in [1.807, 2.05) is 4.93 Å². The van der Waals surface area contributed by atoms with Crippen LogP contribution in [-0.2, 0) is 4.74 Å². The summed E-state index contributed by atoms with van der Waals surface area (Å²) in [6.07, 6.45) is 3.68. The normalized spacial score (nSPS) is 15.0. The molecule has 118 valence electrons. The Balaban J connectivity index is 0.00000106. The highest BCUT2D eigenvalue weighted by atomic mass is 127. The number of phenols is 2. The number of alkyl halides is 1. The van der Waals surface area contributed by atoms with E-state index in [0.29, 0.717) is 6.61 Å². The van der Waals surface area contributed by atoms with Gasteiger partial charge in [-0.05, 0) is 43.0 Å². The molecular formula is C15H22INO4. The second kappa shape index (κ2) is 9.83. The highest BCUT2D eigenvalue weighted by Crippen LogP contribution is 2.23. The molecule has 0 amide bonds. The first-order valence-corrected chi connectivity index (χ1v) is 9.12. The number of carbonyl (C=O) groups is 1. The first-order chi connectivity index (χ1) is 10.2. The molecule has 0 aliphatic carbocycles. The Hall–Kier alpha value is -1.02. The summed E-state index contributed by atoms with van der Waals surface area (Å²) in [5, 5.41) is 18.7. The number of esters is 1. The van der Waals surface area contributed by atoms with Crippen LogP contribution in [0.2, 0.25) is 0 Å². The van der Waals surface area contributed by atoms with Gasteiger partial charge in [-0.1, -0.05) is 29.0 Å². The van der Waals surface area contributed by atoms with Crippen LogP contribution in [0.15, 0.2) is 18.2 Å². The average molecular weight is 407 g/mol. The lowest BCUT2D eigenvalue weighted by Crippen LogP contribution is -2.33. The van der Waals surface area contributed by atoms with Crippen LogP contribution >= 0.6 is 22.6 Å². The first kappa shape index (κ1) is 18.0. The largest absolute Gasteiger partial charge is 0.508 e. The van der Waals surface area contributed by atoms with Gasteiger partial charge in [-0.2, -0.15) is 0 Å². The van der Waals surface area contributed by atoms with E-state index >= 15 is 0 Å². The SMILES string of the molecule is CI.O=C(OCCN1CCCCC1)c1ccc(O)cc1O. The summed E-state index contributed by atoms with van der Waals surface area (Å²) in [7, 11) is 0. The van der Waals surface area contributed by atoms with E-state index < -0.39 is 5.97 Å². The lowest BCUT2D eigenvalue weighted by atomic mass is 10.1. The Morgan fingerprint density at radius 3 is 2.52 bits per heavy atom. The zero-order valence-electron chi connectivity index (χ0n) is 12.2. The lowest BCUT2D eigenvalue weighted by molar-refractivity contribution is 0.0449. The number of benzene rings is 1. The van der Waals surface area contributed by atoms with Crippen molar-refractivity contribution >= 4 is 28.6 Å². The number of rotatable bonds is 4. The Bertz CT molecular complexity index is 447. The van der Waals surface area contributed by atoms with E-state index in [9.17, 15) is 9.90 Å². The molecule has 1 aliphatic rings. The molecule has 0 unspecified atom stereocenters. The van der Waals surface area contributed by atoms with Crippen LogP contribution < -0.4 is 0 Å². The van der Waals surface area contributed by atoms with Gasteiger partial charge in [0.2, 0.25) is 0 Å². The van der Waals surface area contributed by atoms with Crippen molar-refractivity contribution < 1.29 is 19.7 Å².